The van der Waals surface area contributed by atoms with Crippen LogP contribution in [0.4, 0.5) is 14.5 Å². The first-order chi connectivity index (χ1) is 8.65. The number of halogens is 2. The molecule has 0 aliphatic heterocycles. The molecule has 90 valence electrons. The summed E-state index contributed by atoms with van der Waals surface area (Å²) in [5.41, 5.74) is 6.86. The first-order valence-electron chi connectivity index (χ1n) is 5.21. The third-order valence-electron chi connectivity index (χ3n) is 2.60. The van der Waals surface area contributed by atoms with Crippen LogP contribution in [0.5, 0.6) is 0 Å². The topological polar surface area (TPSA) is 56.2 Å². The van der Waals surface area contributed by atoms with Crippen molar-refractivity contribution in [2.45, 2.75) is 0 Å². The molecular weight excluding hydrogens is 238 g/mol. The summed E-state index contributed by atoms with van der Waals surface area (Å²) in [6, 6.07) is 6.89. The largest absolute Gasteiger partial charge is 0.396 e. The minimum Gasteiger partial charge on any atom is -0.396 e. The quantitative estimate of drug-likeness (QED) is 0.716. The molecule has 3 rings (SSSR count). The van der Waals surface area contributed by atoms with Crippen LogP contribution in [-0.2, 0) is 0 Å². The maximum atomic E-state index is 13.3. The molecular formula is C12H8F2N4. The molecule has 0 atom stereocenters. The van der Waals surface area contributed by atoms with Gasteiger partial charge in [-0.25, -0.2) is 8.78 Å². The Morgan fingerprint density at radius 1 is 1.00 bits per heavy atom. The summed E-state index contributed by atoms with van der Waals surface area (Å²) in [5.74, 6) is -0.419. The zero-order chi connectivity index (χ0) is 12.7. The molecule has 2 aromatic heterocycles. The van der Waals surface area contributed by atoms with Gasteiger partial charge in [0.05, 0.1) is 5.69 Å². The second kappa shape index (κ2) is 3.76. The lowest BCUT2D eigenvalue weighted by atomic mass is 10.2. The summed E-state index contributed by atoms with van der Waals surface area (Å²) < 4.78 is 27.6. The Hall–Kier alpha value is -2.50. The Balaban J connectivity index is 2.27. The normalized spacial score (nSPS) is 11.0. The van der Waals surface area contributed by atoms with E-state index >= 15 is 0 Å². The summed E-state index contributed by atoms with van der Waals surface area (Å²) in [4.78, 5) is 0. The fourth-order valence-electron chi connectivity index (χ4n) is 1.78. The SMILES string of the molecule is Nc1cc(F)cn2c(-c3ccc(F)cc3)nnc12. The second-order valence-electron chi connectivity index (χ2n) is 3.84. The molecule has 18 heavy (non-hydrogen) atoms. The number of nitrogens with zero attached hydrogens (tertiary/aromatic N) is 3. The van der Waals surface area contributed by atoms with E-state index in [0.29, 0.717) is 17.0 Å². The van der Waals surface area contributed by atoms with Gasteiger partial charge in [0, 0.05) is 17.8 Å². The van der Waals surface area contributed by atoms with E-state index in [0.717, 1.165) is 0 Å². The lowest BCUT2D eigenvalue weighted by molar-refractivity contribution is 0.620. The first-order valence-corrected chi connectivity index (χ1v) is 5.21. The van der Waals surface area contributed by atoms with Gasteiger partial charge in [-0.2, -0.15) is 0 Å². The number of hydrogen-bond donors (Lipinski definition) is 1. The maximum absolute atomic E-state index is 13.3. The van der Waals surface area contributed by atoms with Gasteiger partial charge >= 0.3 is 0 Å². The van der Waals surface area contributed by atoms with Crippen LogP contribution >= 0.6 is 0 Å². The summed E-state index contributed by atoms with van der Waals surface area (Å²) >= 11 is 0. The maximum Gasteiger partial charge on any atom is 0.184 e. The fourth-order valence-corrected chi connectivity index (χ4v) is 1.78. The number of nitrogen functional groups attached to an aromatic ring is 1. The third-order valence-corrected chi connectivity index (χ3v) is 2.60. The van der Waals surface area contributed by atoms with E-state index in [1.807, 2.05) is 0 Å². The standard InChI is InChI=1S/C12H8F2N4/c13-8-3-1-7(2-4-8)11-16-17-12-10(15)5-9(14)6-18(11)12/h1-6H,15H2. The number of rotatable bonds is 1. The molecule has 0 radical (unpaired) electrons. The number of benzene rings is 1. The van der Waals surface area contributed by atoms with Crippen molar-refractivity contribution < 1.29 is 8.78 Å². The Morgan fingerprint density at radius 3 is 2.44 bits per heavy atom. The van der Waals surface area contributed by atoms with Gasteiger partial charge in [0.2, 0.25) is 0 Å². The fraction of sp³-hybridized carbons (Fsp3) is 0. The third kappa shape index (κ3) is 1.58. The van der Waals surface area contributed by atoms with E-state index in [1.54, 1.807) is 12.1 Å². The Bertz CT molecular complexity index is 719. The number of nitrogens with two attached hydrogens (primary N) is 1. The van der Waals surface area contributed by atoms with Crippen LogP contribution in [0, 0.1) is 11.6 Å². The number of aromatic nitrogens is 3. The molecule has 0 saturated carbocycles. The van der Waals surface area contributed by atoms with E-state index in [4.69, 9.17) is 5.73 Å². The van der Waals surface area contributed by atoms with Crippen LogP contribution in [-0.4, -0.2) is 14.6 Å². The molecule has 4 nitrogen and oxygen atoms in total. The predicted molar refractivity (Wildman–Crippen MR) is 62.8 cm³/mol. The average Bonchev–Trinajstić information content (AvgIpc) is 2.74. The van der Waals surface area contributed by atoms with Gasteiger partial charge in [-0.05, 0) is 24.3 Å². The molecule has 0 aliphatic rings. The number of hydrogen-bond acceptors (Lipinski definition) is 3. The molecule has 6 heteroatoms. The molecule has 3 aromatic rings. The first kappa shape index (κ1) is 10.6. The second-order valence-corrected chi connectivity index (χ2v) is 3.84. The molecule has 2 heterocycles. The lowest BCUT2D eigenvalue weighted by Gasteiger charge is -2.01. The highest BCUT2D eigenvalue weighted by atomic mass is 19.1. The van der Waals surface area contributed by atoms with Crippen molar-refractivity contribution in [2.24, 2.45) is 0 Å². The highest BCUT2D eigenvalue weighted by Crippen LogP contribution is 2.22. The molecule has 0 saturated heterocycles. The summed E-state index contributed by atoms with van der Waals surface area (Å²) in [6.07, 6.45) is 1.24. The summed E-state index contributed by atoms with van der Waals surface area (Å²) in [7, 11) is 0. The van der Waals surface area contributed by atoms with Crippen LogP contribution in [0.3, 0.4) is 0 Å². The van der Waals surface area contributed by atoms with Gasteiger partial charge in [-0.1, -0.05) is 0 Å². The van der Waals surface area contributed by atoms with E-state index in [-0.39, 0.29) is 11.5 Å². The zero-order valence-electron chi connectivity index (χ0n) is 9.14. The summed E-state index contributed by atoms with van der Waals surface area (Å²) in [6.45, 7) is 0. The van der Waals surface area contributed by atoms with Crippen molar-refractivity contribution in [3.05, 3.63) is 48.2 Å². The Morgan fingerprint density at radius 2 is 1.72 bits per heavy atom. The highest BCUT2D eigenvalue weighted by molar-refractivity contribution is 5.69. The Labute approximate surface area is 101 Å². The van der Waals surface area contributed by atoms with Crippen LogP contribution in [0.25, 0.3) is 17.0 Å². The van der Waals surface area contributed by atoms with E-state index < -0.39 is 5.82 Å². The smallest absolute Gasteiger partial charge is 0.184 e. The van der Waals surface area contributed by atoms with E-state index in [9.17, 15) is 8.78 Å². The van der Waals surface area contributed by atoms with E-state index in [2.05, 4.69) is 10.2 Å². The van der Waals surface area contributed by atoms with Gasteiger partial charge in [0.1, 0.15) is 11.6 Å². The molecule has 0 bridgehead atoms. The van der Waals surface area contributed by atoms with Gasteiger partial charge in [0.15, 0.2) is 11.5 Å². The lowest BCUT2D eigenvalue weighted by Crippen LogP contribution is -1.96. The average molecular weight is 246 g/mol. The number of fused-ring (bicyclic) bond motifs is 1. The molecule has 0 unspecified atom stereocenters. The predicted octanol–water partition coefficient (Wildman–Crippen LogP) is 2.26. The van der Waals surface area contributed by atoms with Crippen molar-refractivity contribution in [2.75, 3.05) is 5.73 Å². The van der Waals surface area contributed by atoms with Crippen molar-refractivity contribution >= 4 is 11.3 Å². The van der Waals surface area contributed by atoms with Crippen LogP contribution in [0.15, 0.2) is 36.5 Å². The van der Waals surface area contributed by atoms with Crippen molar-refractivity contribution in [1.29, 1.82) is 0 Å². The molecule has 0 amide bonds. The van der Waals surface area contributed by atoms with Gasteiger partial charge in [0.25, 0.3) is 0 Å². The number of anilines is 1. The van der Waals surface area contributed by atoms with Crippen molar-refractivity contribution in [1.82, 2.24) is 14.6 Å². The molecule has 0 spiro atoms. The van der Waals surface area contributed by atoms with Crippen LogP contribution < -0.4 is 5.73 Å². The number of pyridine rings is 1. The van der Waals surface area contributed by atoms with Crippen LogP contribution in [0.1, 0.15) is 0 Å². The highest BCUT2D eigenvalue weighted by Gasteiger charge is 2.11. The van der Waals surface area contributed by atoms with Crippen molar-refractivity contribution in [3.8, 4) is 11.4 Å². The molecule has 1 aromatic carbocycles. The Kier molecular flexibility index (Phi) is 2.22. The zero-order valence-corrected chi connectivity index (χ0v) is 9.14. The molecule has 0 aliphatic carbocycles. The van der Waals surface area contributed by atoms with Gasteiger partial charge in [-0.15, -0.1) is 10.2 Å². The minimum atomic E-state index is -0.483. The summed E-state index contributed by atoms with van der Waals surface area (Å²) in [5, 5.41) is 7.83. The van der Waals surface area contributed by atoms with Gasteiger partial charge in [-0.3, -0.25) is 4.40 Å². The minimum absolute atomic E-state index is 0.205. The van der Waals surface area contributed by atoms with Crippen LogP contribution in [0.2, 0.25) is 0 Å². The monoisotopic (exact) mass is 246 g/mol. The molecule has 0 fully saturated rings. The van der Waals surface area contributed by atoms with Gasteiger partial charge < -0.3 is 5.73 Å². The molecule has 2 N–H and O–H groups in total. The van der Waals surface area contributed by atoms with Crippen molar-refractivity contribution in [3.63, 3.8) is 0 Å². The van der Waals surface area contributed by atoms with E-state index in [1.165, 1.54) is 28.8 Å².